The van der Waals surface area contributed by atoms with Gasteiger partial charge in [-0.2, -0.15) is 0 Å². The molecular formula is C10H14BrFN2O. The zero-order valence-electron chi connectivity index (χ0n) is 8.76. The summed E-state index contributed by atoms with van der Waals surface area (Å²) < 4.78 is 19.1. The van der Waals surface area contributed by atoms with Gasteiger partial charge in [-0.1, -0.05) is 6.92 Å². The SMILES string of the molecule is CCC(C)(N)COc1ncc(Br)cc1F. The second-order valence-electron chi connectivity index (χ2n) is 3.74. The smallest absolute Gasteiger partial charge is 0.250 e. The third kappa shape index (κ3) is 3.76. The van der Waals surface area contributed by atoms with Crippen molar-refractivity contribution < 1.29 is 9.13 Å². The lowest BCUT2D eigenvalue weighted by Gasteiger charge is -2.22. The van der Waals surface area contributed by atoms with E-state index in [1.165, 1.54) is 12.3 Å². The van der Waals surface area contributed by atoms with Gasteiger partial charge in [0.25, 0.3) is 5.88 Å². The van der Waals surface area contributed by atoms with Crippen LogP contribution in [0.15, 0.2) is 16.7 Å². The maximum Gasteiger partial charge on any atom is 0.250 e. The quantitative estimate of drug-likeness (QED) is 0.919. The van der Waals surface area contributed by atoms with Gasteiger partial charge < -0.3 is 10.5 Å². The lowest BCUT2D eigenvalue weighted by atomic mass is 10.0. The van der Waals surface area contributed by atoms with E-state index in [-0.39, 0.29) is 12.5 Å². The zero-order valence-corrected chi connectivity index (χ0v) is 10.3. The van der Waals surface area contributed by atoms with E-state index in [2.05, 4.69) is 20.9 Å². The van der Waals surface area contributed by atoms with Crippen molar-refractivity contribution in [3.05, 3.63) is 22.6 Å². The van der Waals surface area contributed by atoms with Gasteiger partial charge in [-0.15, -0.1) is 0 Å². The molecule has 0 fully saturated rings. The van der Waals surface area contributed by atoms with Crippen LogP contribution in [0, 0.1) is 5.82 Å². The maximum atomic E-state index is 13.3. The fourth-order valence-electron chi connectivity index (χ4n) is 0.844. The largest absolute Gasteiger partial charge is 0.474 e. The summed E-state index contributed by atoms with van der Waals surface area (Å²) in [5.74, 6) is -0.500. The van der Waals surface area contributed by atoms with E-state index in [1.54, 1.807) is 0 Å². The number of rotatable bonds is 4. The predicted octanol–water partition coefficient (Wildman–Crippen LogP) is 2.49. The third-order valence-electron chi connectivity index (χ3n) is 2.12. The minimum Gasteiger partial charge on any atom is -0.474 e. The second kappa shape index (κ2) is 4.90. The van der Waals surface area contributed by atoms with Crippen molar-refractivity contribution in [2.24, 2.45) is 5.73 Å². The highest BCUT2D eigenvalue weighted by molar-refractivity contribution is 9.10. The Morgan fingerprint density at radius 3 is 2.87 bits per heavy atom. The minimum absolute atomic E-state index is 0.0108. The molecule has 1 rings (SSSR count). The van der Waals surface area contributed by atoms with Crippen molar-refractivity contribution in [3.63, 3.8) is 0 Å². The molecule has 2 N–H and O–H groups in total. The van der Waals surface area contributed by atoms with Crippen molar-refractivity contribution >= 4 is 15.9 Å². The number of pyridine rings is 1. The monoisotopic (exact) mass is 276 g/mol. The predicted molar refractivity (Wildman–Crippen MR) is 60.3 cm³/mol. The zero-order chi connectivity index (χ0) is 11.5. The van der Waals surface area contributed by atoms with Gasteiger partial charge in [0, 0.05) is 16.2 Å². The Hall–Kier alpha value is -0.680. The van der Waals surface area contributed by atoms with Gasteiger partial charge in [0.15, 0.2) is 5.82 Å². The molecule has 0 aromatic carbocycles. The molecule has 3 nitrogen and oxygen atoms in total. The van der Waals surface area contributed by atoms with Crippen LogP contribution in [0.25, 0.3) is 0 Å². The molecule has 0 saturated carbocycles. The minimum atomic E-state index is -0.490. The molecule has 0 saturated heterocycles. The Bertz CT molecular complexity index is 344. The summed E-state index contributed by atoms with van der Waals surface area (Å²) in [5, 5.41) is 0. The first-order valence-corrected chi connectivity index (χ1v) is 5.46. The Morgan fingerprint density at radius 1 is 1.67 bits per heavy atom. The summed E-state index contributed by atoms with van der Waals surface area (Å²) in [6.07, 6.45) is 2.24. The average Bonchev–Trinajstić information content (AvgIpc) is 2.16. The Labute approximate surface area is 97.0 Å². The van der Waals surface area contributed by atoms with Gasteiger partial charge in [-0.25, -0.2) is 9.37 Å². The van der Waals surface area contributed by atoms with E-state index in [9.17, 15) is 4.39 Å². The van der Waals surface area contributed by atoms with E-state index < -0.39 is 11.4 Å². The molecule has 5 heteroatoms. The van der Waals surface area contributed by atoms with Crippen LogP contribution in [0.4, 0.5) is 4.39 Å². The topological polar surface area (TPSA) is 48.1 Å². The van der Waals surface area contributed by atoms with Crippen molar-refractivity contribution in [1.29, 1.82) is 0 Å². The highest BCUT2D eigenvalue weighted by atomic mass is 79.9. The van der Waals surface area contributed by atoms with E-state index in [0.29, 0.717) is 4.47 Å². The molecule has 84 valence electrons. The number of ether oxygens (including phenoxy) is 1. The summed E-state index contributed by atoms with van der Waals surface area (Å²) in [4.78, 5) is 3.82. The highest BCUT2D eigenvalue weighted by Gasteiger charge is 2.18. The maximum absolute atomic E-state index is 13.3. The molecule has 0 spiro atoms. The fourth-order valence-corrected chi connectivity index (χ4v) is 1.15. The van der Waals surface area contributed by atoms with Crippen molar-refractivity contribution in [2.45, 2.75) is 25.8 Å². The van der Waals surface area contributed by atoms with Crippen LogP contribution in [0.2, 0.25) is 0 Å². The molecule has 1 atom stereocenters. The van der Waals surface area contributed by atoms with Crippen LogP contribution in [-0.4, -0.2) is 17.1 Å². The van der Waals surface area contributed by atoms with Gasteiger partial charge in [0.05, 0.1) is 0 Å². The molecule has 0 radical (unpaired) electrons. The first kappa shape index (κ1) is 12.4. The van der Waals surface area contributed by atoms with Gasteiger partial charge >= 0.3 is 0 Å². The van der Waals surface area contributed by atoms with Crippen LogP contribution in [0.1, 0.15) is 20.3 Å². The Kier molecular flexibility index (Phi) is 4.04. The molecule has 0 bridgehead atoms. The fraction of sp³-hybridized carbons (Fsp3) is 0.500. The molecule has 0 amide bonds. The van der Waals surface area contributed by atoms with Crippen molar-refractivity contribution in [3.8, 4) is 5.88 Å². The lowest BCUT2D eigenvalue weighted by Crippen LogP contribution is -2.41. The number of nitrogens with zero attached hydrogens (tertiary/aromatic N) is 1. The molecule has 1 aromatic heterocycles. The van der Waals surface area contributed by atoms with Gasteiger partial charge in [-0.05, 0) is 35.3 Å². The third-order valence-corrected chi connectivity index (χ3v) is 2.55. The number of hydrogen-bond acceptors (Lipinski definition) is 3. The van der Waals surface area contributed by atoms with Crippen LogP contribution >= 0.6 is 15.9 Å². The van der Waals surface area contributed by atoms with E-state index in [0.717, 1.165) is 6.42 Å². The number of hydrogen-bond donors (Lipinski definition) is 1. The first-order valence-electron chi connectivity index (χ1n) is 4.67. The molecule has 15 heavy (non-hydrogen) atoms. The van der Waals surface area contributed by atoms with Gasteiger partial charge in [-0.3, -0.25) is 0 Å². The van der Waals surface area contributed by atoms with Crippen molar-refractivity contribution in [2.75, 3.05) is 6.61 Å². The normalized spacial score (nSPS) is 14.7. The second-order valence-corrected chi connectivity index (χ2v) is 4.65. The van der Waals surface area contributed by atoms with Crippen LogP contribution < -0.4 is 10.5 Å². The first-order chi connectivity index (χ1) is 6.94. The van der Waals surface area contributed by atoms with Crippen LogP contribution in [0.5, 0.6) is 5.88 Å². The van der Waals surface area contributed by atoms with E-state index in [4.69, 9.17) is 10.5 Å². The molecule has 0 aliphatic carbocycles. The molecule has 1 heterocycles. The lowest BCUT2D eigenvalue weighted by molar-refractivity contribution is 0.210. The number of halogens is 2. The van der Waals surface area contributed by atoms with E-state index >= 15 is 0 Å². The standard InChI is InChI=1S/C10H14BrFN2O/c1-3-10(2,13)6-15-9-8(12)4-7(11)5-14-9/h4-5H,3,6,13H2,1-2H3. The highest BCUT2D eigenvalue weighted by Crippen LogP contribution is 2.19. The summed E-state index contributed by atoms with van der Waals surface area (Å²) in [7, 11) is 0. The summed E-state index contributed by atoms with van der Waals surface area (Å²) in [6.45, 7) is 4.05. The van der Waals surface area contributed by atoms with Crippen LogP contribution in [0.3, 0.4) is 0 Å². The molecule has 0 aliphatic heterocycles. The number of nitrogens with two attached hydrogens (primary N) is 1. The molecule has 0 aliphatic rings. The Morgan fingerprint density at radius 2 is 2.33 bits per heavy atom. The van der Waals surface area contributed by atoms with Crippen LogP contribution in [-0.2, 0) is 0 Å². The van der Waals surface area contributed by atoms with Crippen molar-refractivity contribution in [1.82, 2.24) is 4.98 Å². The van der Waals surface area contributed by atoms with E-state index in [1.807, 2.05) is 13.8 Å². The summed E-state index contributed by atoms with van der Waals surface area (Å²) in [5.41, 5.74) is 5.40. The summed E-state index contributed by atoms with van der Waals surface area (Å²) >= 11 is 3.12. The molecule has 1 aromatic rings. The molecule has 1 unspecified atom stereocenters. The number of aromatic nitrogens is 1. The molecular weight excluding hydrogens is 263 g/mol. The van der Waals surface area contributed by atoms with Gasteiger partial charge in [0.1, 0.15) is 6.61 Å². The average molecular weight is 277 g/mol. The summed E-state index contributed by atoms with van der Waals surface area (Å²) in [6, 6.07) is 1.31. The van der Waals surface area contributed by atoms with Gasteiger partial charge in [0.2, 0.25) is 0 Å². The Balaban J connectivity index is 2.66.